The van der Waals surface area contributed by atoms with Crippen LogP contribution in [0.4, 0.5) is 26.3 Å². The van der Waals surface area contributed by atoms with Crippen molar-refractivity contribution in [2.75, 3.05) is 0 Å². The number of hydrogen-bond donors (Lipinski definition) is 0. The minimum Gasteiger partial charge on any atom is -0.218 e. The normalized spacial score (nSPS) is 14.3. The van der Waals surface area contributed by atoms with E-state index in [1.807, 2.05) is 0 Å². The molecule has 0 aliphatic carbocycles. The van der Waals surface area contributed by atoms with Gasteiger partial charge in [-0.25, -0.2) is 16.8 Å². The van der Waals surface area contributed by atoms with Crippen molar-refractivity contribution in [3.63, 3.8) is 0 Å². The zero-order valence-electron chi connectivity index (χ0n) is 10.4. The molecule has 4 nitrogen and oxygen atoms in total. The molecule has 0 radical (unpaired) electrons. The number of sulfone groups is 2. The van der Waals surface area contributed by atoms with Crippen molar-refractivity contribution in [3.8, 4) is 0 Å². The third-order valence-corrected chi connectivity index (χ3v) is 7.11. The van der Waals surface area contributed by atoms with E-state index >= 15 is 0 Å². The van der Waals surface area contributed by atoms with Crippen molar-refractivity contribution in [1.82, 2.24) is 0 Å². The van der Waals surface area contributed by atoms with Crippen LogP contribution in [-0.4, -0.2) is 32.4 Å². The summed E-state index contributed by atoms with van der Waals surface area (Å²) in [5.74, 6) is 0. The molecule has 0 aliphatic heterocycles. The lowest BCUT2D eigenvalue weighted by Crippen LogP contribution is -2.46. The van der Waals surface area contributed by atoms with Gasteiger partial charge in [0.2, 0.25) is 0 Å². The molecule has 0 heterocycles. The highest BCUT2D eigenvalue weighted by Crippen LogP contribution is 2.37. The van der Waals surface area contributed by atoms with E-state index < -0.39 is 41.7 Å². The monoisotopic (exact) mass is 370 g/mol. The molecule has 22 heavy (non-hydrogen) atoms. The second-order valence-electron chi connectivity index (χ2n) is 4.10. The van der Waals surface area contributed by atoms with Crippen molar-refractivity contribution in [2.45, 2.75) is 22.0 Å². The molecule has 0 atom stereocenters. The van der Waals surface area contributed by atoms with E-state index in [4.69, 9.17) is 0 Å². The maximum atomic E-state index is 12.5. The van der Waals surface area contributed by atoms with Crippen LogP contribution in [0.15, 0.2) is 30.3 Å². The summed E-state index contributed by atoms with van der Waals surface area (Å²) in [5, 5.41) is 0. The first-order chi connectivity index (χ1) is 9.71. The number of rotatable bonds is 4. The Balaban J connectivity index is 3.49. The third-order valence-electron chi connectivity index (χ3n) is 2.58. The fraction of sp³-hybridized carbons (Fsp3) is 0.400. The molecule has 126 valence electrons. The van der Waals surface area contributed by atoms with Crippen LogP contribution in [0.5, 0.6) is 0 Å². The Hall–Kier alpha value is -1.30. The van der Waals surface area contributed by atoms with Gasteiger partial charge in [0, 0.05) is 6.42 Å². The van der Waals surface area contributed by atoms with Crippen LogP contribution in [0, 0.1) is 0 Å². The third kappa shape index (κ3) is 3.54. The van der Waals surface area contributed by atoms with E-state index in [9.17, 15) is 43.2 Å². The Bertz CT molecular complexity index is 675. The molecule has 1 aromatic carbocycles. The number of hydrogen-bond acceptors (Lipinski definition) is 4. The van der Waals surface area contributed by atoms with E-state index in [1.165, 1.54) is 18.2 Å². The maximum absolute atomic E-state index is 12.5. The summed E-state index contributed by atoms with van der Waals surface area (Å²) in [6.45, 7) is 0. The number of halogens is 6. The van der Waals surface area contributed by atoms with Gasteiger partial charge in [0.1, 0.15) is 0 Å². The lowest BCUT2D eigenvalue weighted by Gasteiger charge is -2.21. The van der Waals surface area contributed by atoms with Crippen LogP contribution in [0.3, 0.4) is 0 Å². The van der Waals surface area contributed by atoms with E-state index in [-0.39, 0.29) is 5.56 Å². The average Bonchev–Trinajstić information content (AvgIpc) is 2.34. The van der Waals surface area contributed by atoms with Crippen molar-refractivity contribution < 1.29 is 43.2 Å². The summed E-state index contributed by atoms with van der Waals surface area (Å²) in [6, 6.07) is 5.84. The van der Waals surface area contributed by atoms with E-state index in [0.717, 1.165) is 12.1 Å². The van der Waals surface area contributed by atoms with Crippen LogP contribution in [0.25, 0.3) is 0 Å². The van der Waals surface area contributed by atoms with Crippen molar-refractivity contribution in [1.29, 1.82) is 0 Å². The summed E-state index contributed by atoms with van der Waals surface area (Å²) in [6.07, 6.45) is -1.47. The molecule has 0 unspecified atom stereocenters. The average molecular weight is 370 g/mol. The van der Waals surface area contributed by atoms with Gasteiger partial charge in [0.05, 0.1) is 0 Å². The summed E-state index contributed by atoms with van der Waals surface area (Å²) < 4.78 is 116. The summed E-state index contributed by atoms with van der Waals surface area (Å²) in [5.41, 5.74) is -12.6. The fourth-order valence-corrected chi connectivity index (χ4v) is 4.90. The second kappa shape index (κ2) is 5.72. The highest BCUT2D eigenvalue weighted by atomic mass is 32.3. The van der Waals surface area contributed by atoms with Crippen molar-refractivity contribution in [3.05, 3.63) is 35.9 Å². The summed E-state index contributed by atoms with van der Waals surface area (Å²) >= 11 is 0. The van der Waals surface area contributed by atoms with Gasteiger partial charge in [-0.1, -0.05) is 30.3 Å². The first kappa shape index (κ1) is 18.7. The molecule has 0 spiro atoms. The first-order valence-corrected chi connectivity index (χ1v) is 8.45. The molecule has 1 rings (SSSR count). The molecule has 0 bridgehead atoms. The predicted octanol–water partition coefficient (Wildman–Crippen LogP) is 2.42. The lowest BCUT2D eigenvalue weighted by atomic mass is 10.2. The van der Waals surface area contributed by atoms with Crippen LogP contribution in [0.2, 0.25) is 0 Å². The highest BCUT2D eigenvalue weighted by molar-refractivity contribution is 8.09. The molecule has 0 saturated carbocycles. The summed E-state index contributed by atoms with van der Waals surface area (Å²) in [7, 11) is -13.2. The van der Waals surface area contributed by atoms with Gasteiger partial charge in [-0.2, -0.15) is 26.3 Å². The number of alkyl halides is 6. The largest absolute Gasteiger partial charge is 0.498 e. The van der Waals surface area contributed by atoms with E-state index in [0.29, 0.717) is 0 Å². The van der Waals surface area contributed by atoms with Crippen LogP contribution in [-0.2, 0) is 26.1 Å². The fourth-order valence-electron chi connectivity index (χ4n) is 1.49. The minimum absolute atomic E-state index is 0.298. The Morgan fingerprint density at radius 1 is 0.773 bits per heavy atom. The molecule has 0 fully saturated rings. The standard InChI is InChI=1S/C10H8F6O4S2/c11-9(12,13)21(17,18)8(22(19,20)10(14,15)16)6-7-4-2-1-3-5-7/h1-5,8H,6H2. The topological polar surface area (TPSA) is 68.3 Å². The molecule has 0 aromatic heterocycles. The van der Waals surface area contributed by atoms with E-state index in [1.54, 1.807) is 0 Å². The maximum Gasteiger partial charge on any atom is 0.498 e. The van der Waals surface area contributed by atoms with Gasteiger partial charge < -0.3 is 0 Å². The molecule has 0 saturated heterocycles. The molecule has 0 aliphatic rings. The molecular weight excluding hydrogens is 362 g/mol. The smallest absolute Gasteiger partial charge is 0.218 e. The first-order valence-electron chi connectivity index (χ1n) is 5.35. The van der Waals surface area contributed by atoms with Crippen LogP contribution >= 0.6 is 0 Å². The van der Waals surface area contributed by atoms with Gasteiger partial charge in [0.25, 0.3) is 19.7 Å². The number of benzene rings is 1. The molecule has 12 heteroatoms. The van der Waals surface area contributed by atoms with Gasteiger partial charge in [0.15, 0.2) is 4.58 Å². The molecule has 0 N–H and O–H groups in total. The van der Waals surface area contributed by atoms with Gasteiger partial charge in [-0.05, 0) is 5.56 Å². The van der Waals surface area contributed by atoms with Gasteiger partial charge in [-0.15, -0.1) is 0 Å². The Morgan fingerprint density at radius 3 is 1.45 bits per heavy atom. The molecular formula is C10H8F6O4S2. The lowest BCUT2D eigenvalue weighted by molar-refractivity contribution is -0.0471. The predicted molar refractivity (Wildman–Crippen MR) is 63.9 cm³/mol. The van der Waals surface area contributed by atoms with Crippen molar-refractivity contribution >= 4 is 19.7 Å². The Kier molecular flexibility index (Phi) is 4.88. The zero-order chi connectivity index (χ0) is 17.4. The second-order valence-corrected chi connectivity index (χ2v) is 8.64. The zero-order valence-corrected chi connectivity index (χ0v) is 12.0. The minimum atomic E-state index is -6.59. The van der Waals surface area contributed by atoms with Crippen LogP contribution in [0.1, 0.15) is 5.56 Å². The Labute approximate surface area is 121 Å². The van der Waals surface area contributed by atoms with Crippen LogP contribution < -0.4 is 0 Å². The SMILES string of the molecule is O=S(=O)(C(Cc1ccccc1)S(=O)(=O)C(F)(F)F)C(F)(F)F. The molecule has 1 aromatic rings. The summed E-state index contributed by atoms with van der Waals surface area (Å²) in [4.78, 5) is 0. The quantitative estimate of drug-likeness (QED) is 0.764. The Morgan fingerprint density at radius 2 is 1.14 bits per heavy atom. The van der Waals surface area contributed by atoms with Gasteiger partial charge in [-0.3, -0.25) is 0 Å². The highest BCUT2D eigenvalue weighted by Gasteiger charge is 2.62. The molecule has 0 amide bonds. The van der Waals surface area contributed by atoms with Crippen molar-refractivity contribution in [2.24, 2.45) is 0 Å². The van der Waals surface area contributed by atoms with Gasteiger partial charge >= 0.3 is 11.0 Å². The van der Waals surface area contributed by atoms with E-state index in [2.05, 4.69) is 0 Å².